The van der Waals surface area contributed by atoms with Crippen molar-refractivity contribution in [1.82, 2.24) is 14.7 Å². The van der Waals surface area contributed by atoms with Crippen molar-refractivity contribution in [2.24, 2.45) is 0 Å². The highest BCUT2D eigenvalue weighted by atomic mass is 19.1. The topological polar surface area (TPSA) is 38.1 Å². The lowest BCUT2D eigenvalue weighted by Gasteiger charge is -2.23. The number of rotatable bonds is 6. The highest BCUT2D eigenvalue weighted by molar-refractivity contribution is 5.80. The van der Waals surface area contributed by atoms with E-state index in [1.807, 2.05) is 53.8 Å². The molecule has 0 spiro atoms. The van der Waals surface area contributed by atoms with Crippen LogP contribution in [0.5, 0.6) is 0 Å². The minimum absolute atomic E-state index is 0.102. The van der Waals surface area contributed by atoms with Crippen LogP contribution < -0.4 is 0 Å². The number of benzene rings is 2. The van der Waals surface area contributed by atoms with Gasteiger partial charge in [0.2, 0.25) is 5.91 Å². The molecule has 0 saturated heterocycles. The molecule has 28 heavy (non-hydrogen) atoms. The second-order valence-corrected chi connectivity index (χ2v) is 7.45. The third-order valence-electron chi connectivity index (χ3n) is 5.34. The number of hydrogen-bond donors (Lipinski definition) is 0. The average molecular weight is 377 g/mol. The van der Waals surface area contributed by atoms with E-state index in [0.717, 1.165) is 41.0 Å². The Morgan fingerprint density at radius 3 is 2.43 bits per heavy atom. The third-order valence-corrected chi connectivity index (χ3v) is 5.34. The van der Waals surface area contributed by atoms with E-state index in [1.165, 1.54) is 12.1 Å². The Morgan fingerprint density at radius 1 is 1.11 bits per heavy atom. The molecule has 5 heteroatoms. The first-order valence-corrected chi connectivity index (χ1v) is 9.67. The molecule has 4 rings (SSSR count). The number of amides is 1. The molecule has 4 nitrogen and oxygen atoms in total. The van der Waals surface area contributed by atoms with Gasteiger partial charge in [-0.2, -0.15) is 5.10 Å². The lowest BCUT2D eigenvalue weighted by Crippen LogP contribution is -2.34. The zero-order chi connectivity index (χ0) is 19.7. The number of halogens is 1. The number of nitrogens with zero attached hydrogens (tertiary/aromatic N) is 3. The van der Waals surface area contributed by atoms with Crippen molar-refractivity contribution in [3.05, 3.63) is 82.9 Å². The summed E-state index contributed by atoms with van der Waals surface area (Å²) in [4.78, 5) is 15.1. The Bertz CT molecular complexity index is 975. The molecular formula is C23H24FN3O. The zero-order valence-corrected chi connectivity index (χ0v) is 16.2. The molecule has 1 heterocycles. The van der Waals surface area contributed by atoms with Crippen molar-refractivity contribution >= 4 is 5.91 Å². The molecule has 2 aromatic carbocycles. The van der Waals surface area contributed by atoms with E-state index in [0.29, 0.717) is 19.0 Å². The Kier molecular flexibility index (Phi) is 4.99. The van der Waals surface area contributed by atoms with E-state index < -0.39 is 0 Å². The highest BCUT2D eigenvalue weighted by Crippen LogP contribution is 2.30. The van der Waals surface area contributed by atoms with Crippen molar-refractivity contribution in [2.75, 3.05) is 0 Å². The molecular weight excluding hydrogens is 353 g/mol. The third kappa shape index (κ3) is 3.84. The van der Waals surface area contributed by atoms with Crippen LogP contribution in [0.3, 0.4) is 0 Å². The monoisotopic (exact) mass is 377 g/mol. The summed E-state index contributed by atoms with van der Waals surface area (Å²) in [5.74, 6) is -0.154. The van der Waals surface area contributed by atoms with Gasteiger partial charge in [0.05, 0.1) is 17.8 Å². The van der Waals surface area contributed by atoms with Gasteiger partial charge in [0.25, 0.3) is 0 Å². The molecule has 1 fully saturated rings. The van der Waals surface area contributed by atoms with Crippen LogP contribution in [0.4, 0.5) is 4.39 Å². The molecule has 0 bridgehead atoms. The van der Waals surface area contributed by atoms with E-state index in [2.05, 4.69) is 5.10 Å². The molecule has 144 valence electrons. The van der Waals surface area contributed by atoms with Crippen LogP contribution in [0.25, 0.3) is 5.69 Å². The predicted octanol–water partition coefficient (Wildman–Crippen LogP) is 4.36. The van der Waals surface area contributed by atoms with Crippen molar-refractivity contribution in [3.8, 4) is 5.69 Å². The SMILES string of the molecule is Cc1nn(-c2ccccc2)c(C)c1CC(=O)N(Cc1ccc(F)cc1)C1CC1. The number of carbonyl (C=O) groups excluding carboxylic acids is 1. The van der Waals surface area contributed by atoms with Crippen LogP contribution in [0.1, 0.15) is 35.4 Å². The summed E-state index contributed by atoms with van der Waals surface area (Å²) >= 11 is 0. The highest BCUT2D eigenvalue weighted by Gasteiger charge is 2.33. The van der Waals surface area contributed by atoms with Crippen molar-refractivity contribution in [3.63, 3.8) is 0 Å². The number of aryl methyl sites for hydroxylation is 1. The van der Waals surface area contributed by atoms with Crippen LogP contribution in [0.15, 0.2) is 54.6 Å². The summed E-state index contributed by atoms with van der Waals surface area (Å²) in [5.41, 5.74) is 4.81. The molecule has 3 aromatic rings. The zero-order valence-electron chi connectivity index (χ0n) is 16.2. The summed E-state index contributed by atoms with van der Waals surface area (Å²) in [6.07, 6.45) is 2.41. The normalized spacial score (nSPS) is 13.5. The molecule has 1 aliphatic carbocycles. The maximum Gasteiger partial charge on any atom is 0.227 e. The van der Waals surface area contributed by atoms with Crippen molar-refractivity contribution in [2.45, 2.75) is 45.7 Å². The van der Waals surface area contributed by atoms with Gasteiger partial charge in [0.15, 0.2) is 0 Å². The molecule has 0 radical (unpaired) electrons. The van der Waals surface area contributed by atoms with Gasteiger partial charge in [0.1, 0.15) is 5.82 Å². The Labute approximate surface area is 164 Å². The minimum atomic E-state index is -0.257. The predicted molar refractivity (Wildman–Crippen MR) is 107 cm³/mol. The van der Waals surface area contributed by atoms with E-state index in [9.17, 15) is 9.18 Å². The van der Waals surface area contributed by atoms with Gasteiger partial charge >= 0.3 is 0 Å². The van der Waals surface area contributed by atoms with E-state index in [1.54, 1.807) is 12.1 Å². The number of carbonyl (C=O) groups is 1. The average Bonchev–Trinajstić information content (AvgIpc) is 3.50. The second-order valence-electron chi connectivity index (χ2n) is 7.45. The first-order chi connectivity index (χ1) is 13.5. The molecule has 0 atom stereocenters. The maximum absolute atomic E-state index is 13.2. The largest absolute Gasteiger partial charge is 0.335 e. The summed E-state index contributed by atoms with van der Waals surface area (Å²) in [5, 5.41) is 4.65. The van der Waals surface area contributed by atoms with Gasteiger partial charge in [-0.05, 0) is 56.5 Å². The first-order valence-electron chi connectivity index (χ1n) is 9.67. The fraction of sp³-hybridized carbons (Fsp3) is 0.304. The standard InChI is InChI=1S/C23H24FN3O/c1-16-22(17(2)27(25-16)21-6-4-3-5-7-21)14-23(28)26(20-12-13-20)15-18-8-10-19(24)11-9-18/h3-11,20H,12-15H2,1-2H3. The summed E-state index contributed by atoms with van der Waals surface area (Å²) in [6.45, 7) is 4.49. The summed E-state index contributed by atoms with van der Waals surface area (Å²) in [6, 6.07) is 16.6. The van der Waals surface area contributed by atoms with Gasteiger partial charge in [-0.3, -0.25) is 4.79 Å². The maximum atomic E-state index is 13.2. The smallest absolute Gasteiger partial charge is 0.227 e. The number of aromatic nitrogens is 2. The van der Waals surface area contributed by atoms with E-state index >= 15 is 0 Å². The lowest BCUT2D eigenvalue weighted by atomic mass is 10.1. The van der Waals surface area contributed by atoms with Gasteiger partial charge in [-0.1, -0.05) is 30.3 Å². The van der Waals surface area contributed by atoms with E-state index in [-0.39, 0.29) is 11.7 Å². The van der Waals surface area contributed by atoms with E-state index in [4.69, 9.17) is 0 Å². The van der Waals surface area contributed by atoms with Crippen LogP contribution in [0, 0.1) is 19.7 Å². The van der Waals surface area contributed by atoms with Gasteiger partial charge in [0, 0.05) is 23.8 Å². The minimum Gasteiger partial charge on any atom is -0.335 e. The summed E-state index contributed by atoms with van der Waals surface area (Å²) in [7, 11) is 0. The van der Waals surface area contributed by atoms with Crippen LogP contribution in [0.2, 0.25) is 0 Å². The molecule has 0 unspecified atom stereocenters. The lowest BCUT2D eigenvalue weighted by molar-refractivity contribution is -0.131. The van der Waals surface area contributed by atoms with Gasteiger partial charge < -0.3 is 4.90 Å². The molecule has 0 N–H and O–H groups in total. The van der Waals surface area contributed by atoms with Gasteiger partial charge in [-0.15, -0.1) is 0 Å². The van der Waals surface area contributed by atoms with Crippen LogP contribution in [-0.2, 0) is 17.8 Å². The number of para-hydroxylation sites is 1. The first kappa shape index (κ1) is 18.4. The van der Waals surface area contributed by atoms with Gasteiger partial charge in [-0.25, -0.2) is 9.07 Å². The second kappa shape index (κ2) is 7.58. The Balaban J connectivity index is 1.55. The van der Waals surface area contributed by atoms with Crippen molar-refractivity contribution < 1.29 is 9.18 Å². The van der Waals surface area contributed by atoms with Crippen LogP contribution in [-0.4, -0.2) is 26.6 Å². The fourth-order valence-electron chi connectivity index (χ4n) is 3.60. The molecule has 1 amide bonds. The Hall–Kier alpha value is -2.95. The molecule has 1 aliphatic rings. The van der Waals surface area contributed by atoms with Crippen molar-refractivity contribution in [1.29, 1.82) is 0 Å². The summed E-state index contributed by atoms with van der Waals surface area (Å²) < 4.78 is 15.1. The van der Waals surface area contributed by atoms with Crippen LogP contribution >= 0.6 is 0 Å². The quantitative estimate of drug-likeness (QED) is 0.640. The molecule has 1 saturated carbocycles. The number of hydrogen-bond acceptors (Lipinski definition) is 2. The molecule has 1 aromatic heterocycles. The fourth-order valence-corrected chi connectivity index (χ4v) is 3.60. The molecule has 0 aliphatic heterocycles. The Morgan fingerprint density at radius 2 is 1.79 bits per heavy atom.